The van der Waals surface area contributed by atoms with E-state index in [1.807, 2.05) is 48.5 Å². The van der Waals surface area contributed by atoms with Gasteiger partial charge in [-0.15, -0.1) is 0 Å². The van der Waals surface area contributed by atoms with Crippen molar-refractivity contribution in [3.63, 3.8) is 0 Å². The van der Waals surface area contributed by atoms with Crippen molar-refractivity contribution < 1.29 is 13.9 Å². The molecule has 1 heterocycles. The lowest BCUT2D eigenvalue weighted by Crippen LogP contribution is -2.00. The monoisotopic (exact) mass is 303 g/mol. The molecule has 1 aromatic heterocycles. The van der Waals surface area contributed by atoms with Crippen molar-refractivity contribution in [2.24, 2.45) is 0 Å². The van der Waals surface area contributed by atoms with Gasteiger partial charge in [-0.2, -0.15) is 0 Å². The molecular weight excluding hydrogens is 290 g/mol. The first-order chi connectivity index (χ1) is 11.3. The van der Waals surface area contributed by atoms with Crippen LogP contribution in [0.3, 0.4) is 0 Å². The van der Waals surface area contributed by atoms with Crippen molar-refractivity contribution in [2.75, 3.05) is 7.11 Å². The molecule has 0 saturated carbocycles. The number of carbonyl (C=O) groups excluding carboxylic acids is 1. The highest BCUT2D eigenvalue weighted by atomic mass is 16.5. The van der Waals surface area contributed by atoms with E-state index in [1.165, 1.54) is 7.11 Å². The lowest BCUT2D eigenvalue weighted by atomic mass is 10.1. The van der Waals surface area contributed by atoms with Crippen molar-refractivity contribution in [1.29, 1.82) is 0 Å². The van der Waals surface area contributed by atoms with E-state index in [4.69, 9.17) is 9.15 Å². The van der Waals surface area contributed by atoms with Crippen LogP contribution in [0.15, 0.2) is 65.1 Å². The minimum absolute atomic E-state index is 0.352. The number of esters is 1. The minimum Gasteiger partial charge on any atom is -0.465 e. The summed E-state index contributed by atoms with van der Waals surface area (Å²) in [5.74, 6) is 0.236. The first-order valence-electron chi connectivity index (χ1n) is 7.23. The molecule has 0 saturated heterocycles. The molecule has 3 aromatic carbocycles. The molecule has 4 aromatic rings. The lowest BCUT2D eigenvalue weighted by molar-refractivity contribution is 0.0601. The molecule has 0 unspecified atom stereocenters. The van der Waals surface area contributed by atoms with Gasteiger partial charge in [0.25, 0.3) is 0 Å². The van der Waals surface area contributed by atoms with Crippen LogP contribution >= 0.6 is 0 Å². The van der Waals surface area contributed by atoms with Crippen LogP contribution in [0.2, 0.25) is 0 Å². The maximum Gasteiger partial charge on any atom is 0.337 e. The minimum atomic E-state index is -0.352. The third-order valence-electron chi connectivity index (χ3n) is 3.81. The number of benzene rings is 3. The third-order valence-corrected chi connectivity index (χ3v) is 3.81. The van der Waals surface area contributed by atoms with Gasteiger partial charge in [0.15, 0.2) is 5.58 Å². The predicted octanol–water partition coefficient (Wildman–Crippen LogP) is 4.43. The van der Waals surface area contributed by atoms with Gasteiger partial charge in [-0.05, 0) is 41.8 Å². The van der Waals surface area contributed by atoms with Crippen molar-refractivity contribution >= 4 is 27.8 Å². The summed E-state index contributed by atoms with van der Waals surface area (Å²) in [6.07, 6.45) is 0. The molecule has 0 amide bonds. The number of ether oxygens (including phenoxy) is 1. The van der Waals surface area contributed by atoms with Gasteiger partial charge >= 0.3 is 5.97 Å². The zero-order valence-corrected chi connectivity index (χ0v) is 12.4. The number of nitrogens with zero attached hydrogens (tertiary/aromatic N) is 1. The second kappa shape index (κ2) is 5.25. The Morgan fingerprint density at radius 2 is 1.87 bits per heavy atom. The van der Waals surface area contributed by atoms with E-state index in [0.29, 0.717) is 11.5 Å². The van der Waals surface area contributed by atoms with Crippen molar-refractivity contribution in [1.82, 2.24) is 4.98 Å². The fourth-order valence-electron chi connectivity index (χ4n) is 2.66. The molecule has 23 heavy (non-hydrogen) atoms. The summed E-state index contributed by atoms with van der Waals surface area (Å²) in [6, 6.07) is 19.0. The van der Waals surface area contributed by atoms with E-state index >= 15 is 0 Å². The lowest BCUT2D eigenvalue weighted by Gasteiger charge is -2.02. The molecular formula is C19H13NO3. The quantitative estimate of drug-likeness (QED) is 0.514. The van der Waals surface area contributed by atoms with E-state index in [2.05, 4.69) is 4.98 Å². The zero-order chi connectivity index (χ0) is 15.8. The number of hydrogen-bond donors (Lipinski definition) is 0. The summed E-state index contributed by atoms with van der Waals surface area (Å²) in [6.45, 7) is 0. The summed E-state index contributed by atoms with van der Waals surface area (Å²) < 4.78 is 10.7. The normalized spacial score (nSPS) is 11.0. The fourth-order valence-corrected chi connectivity index (χ4v) is 2.66. The molecule has 0 N–H and O–H groups in total. The zero-order valence-electron chi connectivity index (χ0n) is 12.4. The molecule has 0 fully saturated rings. The topological polar surface area (TPSA) is 52.3 Å². The van der Waals surface area contributed by atoms with Crippen LogP contribution in [0.25, 0.3) is 33.3 Å². The highest BCUT2D eigenvalue weighted by Crippen LogP contribution is 2.30. The maximum absolute atomic E-state index is 11.7. The standard InChI is InChI=1S/C19H13NO3/c1-22-19(21)14-7-9-15-13(11-14)8-10-16-17(15)23-18(20-16)12-5-3-2-4-6-12/h2-11H,1H3. The summed E-state index contributed by atoms with van der Waals surface area (Å²) in [5, 5.41) is 1.83. The summed E-state index contributed by atoms with van der Waals surface area (Å²) >= 11 is 0. The molecule has 112 valence electrons. The maximum atomic E-state index is 11.7. The van der Waals surface area contributed by atoms with Crippen LogP contribution in [0.4, 0.5) is 0 Å². The number of carbonyl (C=O) groups is 1. The molecule has 0 atom stereocenters. The Kier molecular flexibility index (Phi) is 3.08. The number of hydrogen-bond acceptors (Lipinski definition) is 4. The molecule has 4 rings (SSSR count). The van der Waals surface area contributed by atoms with Gasteiger partial charge in [0, 0.05) is 10.9 Å². The van der Waals surface area contributed by atoms with Crippen LogP contribution in [-0.2, 0) is 4.74 Å². The van der Waals surface area contributed by atoms with Gasteiger partial charge in [-0.25, -0.2) is 9.78 Å². The van der Waals surface area contributed by atoms with E-state index in [-0.39, 0.29) is 5.97 Å². The number of oxazole rings is 1. The van der Waals surface area contributed by atoms with Crippen molar-refractivity contribution in [3.8, 4) is 11.5 Å². The van der Waals surface area contributed by atoms with Crippen LogP contribution in [-0.4, -0.2) is 18.1 Å². The Morgan fingerprint density at radius 3 is 2.65 bits per heavy atom. The Balaban J connectivity index is 1.91. The first kappa shape index (κ1) is 13.5. The second-order valence-electron chi connectivity index (χ2n) is 5.23. The first-order valence-corrected chi connectivity index (χ1v) is 7.23. The Hall–Kier alpha value is -3.14. The van der Waals surface area contributed by atoms with E-state index in [0.717, 1.165) is 27.4 Å². The van der Waals surface area contributed by atoms with Gasteiger partial charge in [-0.1, -0.05) is 24.3 Å². The van der Waals surface area contributed by atoms with Crippen molar-refractivity contribution in [2.45, 2.75) is 0 Å². The molecule has 0 aliphatic carbocycles. The summed E-state index contributed by atoms with van der Waals surface area (Å²) in [4.78, 5) is 16.2. The Bertz CT molecular complexity index is 1020. The molecule has 4 nitrogen and oxygen atoms in total. The smallest absolute Gasteiger partial charge is 0.337 e. The van der Waals surface area contributed by atoms with Gasteiger partial charge in [0.1, 0.15) is 5.52 Å². The van der Waals surface area contributed by atoms with Crippen LogP contribution in [0.5, 0.6) is 0 Å². The predicted molar refractivity (Wildman–Crippen MR) is 88.3 cm³/mol. The van der Waals surface area contributed by atoms with Crippen LogP contribution < -0.4 is 0 Å². The number of methoxy groups -OCH3 is 1. The van der Waals surface area contributed by atoms with Crippen LogP contribution in [0.1, 0.15) is 10.4 Å². The Morgan fingerprint density at radius 1 is 1.04 bits per heavy atom. The summed E-state index contributed by atoms with van der Waals surface area (Å²) in [7, 11) is 1.37. The molecule has 0 aliphatic rings. The van der Waals surface area contributed by atoms with E-state index in [1.54, 1.807) is 12.1 Å². The van der Waals surface area contributed by atoms with Gasteiger partial charge in [0.05, 0.1) is 12.7 Å². The summed E-state index contributed by atoms with van der Waals surface area (Å²) in [5.41, 5.74) is 2.96. The Labute approximate surface area is 132 Å². The molecule has 0 spiro atoms. The van der Waals surface area contributed by atoms with Gasteiger partial charge in [0.2, 0.25) is 5.89 Å². The number of fused-ring (bicyclic) bond motifs is 3. The second-order valence-corrected chi connectivity index (χ2v) is 5.23. The number of rotatable bonds is 2. The van der Waals surface area contributed by atoms with Crippen molar-refractivity contribution in [3.05, 3.63) is 66.2 Å². The van der Waals surface area contributed by atoms with E-state index < -0.39 is 0 Å². The molecule has 4 heteroatoms. The van der Waals surface area contributed by atoms with Crippen LogP contribution in [0, 0.1) is 0 Å². The van der Waals surface area contributed by atoms with Gasteiger partial charge in [-0.3, -0.25) is 0 Å². The van der Waals surface area contributed by atoms with Gasteiger partial charge < -0.3 is 9.15 Å². The molecule has 0 aliphatic heterocycles. The SMILES string of the molecule is COC(=O)c1ccc2c(ccc3nc(-c4ccccc4)oc32)c1. The average molecular weight is 303 g/mol. The average Bonchev–Trinajstić information content (AvgIpc) is 3.06. The fraction of sp³-hybridized carbons (Fsp3) is 0.0526. The highest BCUT2D eigenvalue weighted by Gasteiger charge is 2.12. The molecule has 0 bridgehead atoms. The third kappa shape index (κ3) is 2.25. The van der Waals surface area contributed by atoms with E-state index in [9.17, 15) is 4.79 Å². The largest absolute Gasteiger partial charge is 0.465 e. The number of aromatic nitrogens is 1. The molecule has 0 radical (unpaired) electrons. The highest BCUT2D eigenvalue weighted by molar-refractivity contribution is 6.06.